The number of amides is 1. The minimum atomic E-state index is -0.454. The van der Waals surface area contributed by atoms with Crippen molar-refractivity contribution in [2.45, 2.75) is 25.3 Å². The Morgan fingerprint density at radius 2 is 2.25 bits per heavy atom. The largest absolute Gasteiger partial charge is 0.341 e. The molecule has 0 bridgehead atoms. The van der Waals surface area contributed by atoms with Crippen LogP contribution in [0.15, 0.2) is 24.3 Å². The third kappa shape index (κ3) is 4.18. The maximum atomic E-state index is 12.1. The summed E-state index contributed by atoms with van der Waals surface area (Å²) in [4.78, 5) is 24.1. The van der Waals surface area contributed by atoms with Crippen molar-refractivity contribution in [3.05, 3.63) is 39.9 Å². The van der Waals surface area contributed by atoms with E-state index in [0.717, 1.165) is 19.4 Å². The third-order valence-electron chi connectivity index (χ3n) is 3.29. The number of non-ortho nitro benzene ring substituents is 1. The molecular formula is C13H18ClN3O3. The van der Waals surface area contributed by atoms with Crippen molar-refractivity contribution >= 4 is 24.0 Å². The van der Waals surface area contributed by atoms with E-state index in [1.165, 1.54) is 12.1 Å². The zero-order valence-corrected chi connectivity index (χ0v) is 11.8. The van der Waals surface area contributed by atoms with Gasteiger partial charge in [-0.05, 0) is 18.4 Å². The third-order valence-corrected chi connectivity index (χ3v) is 3.29. The molecule has 1 amide bonds. The molecule has 20 heavy (non-hydrogen) atoms. The summed E-state index contributed by atoms with van der Waals surface area (Å²) in [6, 6.07) is 6.24. The fourth-order valence-corrected chi connectivity index (χ4v) is 2.30. The van der Waals surface area contributed by atoms with Crippen LogP contribution in [0.5, 0.6) is 0 Å². The number of hydrogen-bond acceptors (Lipinski definition) is 4. The van der Waals surface area contributed by atoms with Gasteiger partial charge in [-0.3, -0.25) is 14.9 Å². The topological polar surface area (TPSA) is 89.5 Å². The van der Waals surface area contributed by atoms with Crippen molar-refractivity contribution in [3.8, 4) is 0 Å². The number of likely N-dealkylation sites (tertiary alicyclic amines) is 1. The number of hydrogen-bond donors (Lipinski definition) is 1. The van der Waals surface area contributed by atoms with Gasteiger partial charge in [0.2, 0.25) is 5.91 Å². The van der Waals surface area contributed by atoms with Gasteiger partial charge in [0.05, 0.1) is 11.3 Å². The summed E-state index contributed by atoms with van der Waals surface area (Å²) in [5.41, 5.74) is 6.52. The number of carbonyl (C=O) groups is 1. The summed E-state index contributed by atoms with van der Waals surface area (Å²) < 4.78 is 0. The second-order valence-electron chi connectivity index (χ2n) is 4.85. The van der Waals surface area contributed by atoms with Crippen molar-refractivity contribution in [1.29, 1.82) is 0 Å². The first-order valence-electron chi connectivity index (χ1n) is 6.33. The van der Waals surface area contributed by atoms with Gasteiger partial charge in [0.15, 0.2) is 0 Å². The lowest BCUT2D eigenvalue weighted by Crippen LogP contribution is -2.46. The van der Waals surface area contributed by atoms with Gasteiger partial charge in [-0.25, -0.2) is 0 Å². The predicted molar refractivity (Wildman–Crippen MR) is 77.8 cm³/mol. The Labute approximate surface area is 123 Å². The number of nitrogens with two attached hydrogens (primary N) is 1. The van der Waals surface area contributed by atoms with Gasteiger partial charge in [0, 0.05) is 31.3 Å². The van der Waals surface area contributed by atoms with Gasteiger partial charge in [-0.15, -0.1) is 12.4 Å². The molecule has 0 radical (unpaired) electrons. The summed E-state index contributed by atoms with van der Waals surface area (Å²) in [6.45, 7) is 1.30. The number of benzene rings is 1. The van der Waals surface area contributed by atoms with Crippen LogP contribution in [0.1, 0.15) is 18.4 Å². The van der Waals surface area contributed by atoms with E-state index in [2.05, 4.69) is 0 Å². The summed E-state index contributed by atoms with van der Waals surface area (Å²) in [7, 11) is 0. The molecule has 2 rings (SSSR count). The molecule has 1 saturated heterocycles. The normalized spacial score (nSPS) is 18.2. The van der Waals surface area contributed by atoms with Gasteiger partial charge in [0.25, 0.3) is 5.69 Å². The fraction of sp³-hybridized carbons (Fsp3) is 0.462. The second-order valence-corrected chi connectivity index (χ2v) is 4.85. The van der Waals surface area contributed by atoms with E-state index in [-0.39, 0.29) is 36.5 Å². The van der Waals surface area contributed by atoms with E-state index < -0.39 is 4.92 Å². The summed E-state index contributed by atoms with van der Waals surface area (Å²) in [6.07, 6.45) is 2.05. The molecule has 0 saturated carbocycles. The number of nitro benzene ring substituents is 1. The molecule has 1 fully saturated rings. The quantitative estimate of drug-likeness (QED) is 0.676. The molecule has 110 valence electrons. The van der Waals surface area contributed by atoms with Crippen molar-refractivity contribution in [3.63, 3.8) is 0 Å². The SMILES string of the molecule is Cl.N[C@@H]1CCCN(C(=O)Cc2cccc([N+](=O)[O-])c2)C1. The first-order valence-corrected chi connectivity index (χ1v) is 6.33. The molecule has 1 aliphatic heterocycles. The minimum absolute atomic E-state index is 0. The van der Waals surface area contributed by atoms with E-state index in [9.17, 15) is 14.9 Å². The van der Waals surface area contributed by atoms with Crippen LogP contribution < -0.4 is 5.73 Å². The summed E-state index contributed by atoms with van der Waals surface area (Å²) in [5, 5.41) is 10.7. The Balaban J connectivity index is 0.00000200. The van der Waals surface area contributed by atoms with Crippen LogP contribution in [-0.4, -0.2) is 34.9 Å². The number of piperidine rings is 1. The molecule has 6 nitrogen and oxygen atoms in total. The maximum Gasteiger partial charge on any atom is 0.269 e. The minimum Gasteiger partial charge on any atom is -0.341 e. The standard InChI is InChI=1S/C13H17N3O3.ClH/c14-11-4-2-6-15(9-11)13(17)8-10-3-1-5-12(7-10)16(18)19;/h1,3,5,7,11H,2,4,6,8-9,14H2;1H/t11-;/m1./s1. The van der Waals surface area contributed by atoms with Crippen LogP contribution in [0.2, 0.25) is 0 Å². The Bertz CT molecular complexity index is 496. The monoisotopic (exact) mass is 299 g/mol. The van der Waals surface area contributed by atoms with E-state index in [1.54, 1.807) is 17.0 Å². The van der Waals surface area contributed by atoms with Crippen molar-refractivity contribution in [1.82, 2.24) is 4.90 Å². The molecule has 7 heteroatoms. The zero-order chi connectivity index (χ0) is 13.8. The summed E-state index contributed by atoms with van der Waals surface area (Å²) >= 11 is 0. The molecule has 1 aliphatic rings. The predicted octanol–water partition coefficient (Wildman–Crippen LogP) is 1.51. The average molecular weight is 300 g/mol. The molecule has 0 aliphatic carbocycles. The lowest BCUT2D eigenvalue weighted by Gasteiger charge is -2.30. The smallest absolute Gasteiger partial charge is 0.269 e. The van der Waals surface area contributed by atoms with Crippen LogP contribution in [0.4, 0.5) is 5.69 Å². The van der Waals surface area contributed by atoms with Crippen molar-refractivity contribution in [2.75, 3.05) is 13.1 Å². The van der Waals surface area contributed by atoms with Gasteiger partial charge < -0.3 is 10.6 Å². The molecule has 1 aromatic rings. The van der Waals surface area contributed by atoms with Crippen LogP contribution in [0.25, 0.3) is 0 Å². The van der Waals surface area contributed by atoms with Gasteiger partial charge in [0.1, 0.15) is 0 Å². The van der Waals surface area contributed by atoms with Crippen LogP contribution >= 0.6 is 12.4 Å². The van der Waals surface area contributed by atoms with Gasteiger partial charge in [-0.1, -0.05) is 12.1 Å². The lowest BCUT2D eigenvalue weighted by atomic mass is 10.0. The van der Waals surface area contributed by atoms with Crippen LogP contribution in [-0.2, 0) is 11.2 Å². The van der Waals surface area contributed by atoms with E-state index in [1.807, 2.05) is 0 Å². The first-order chi connectivity index (χ1) is 9.06. The highest BCUT2D eigenvalue weighted by Gasteiger charge is 2.21. The Morgan fingerprint density at radius 1 is 1.50 bits per heavy atom. The Hall–Kier alpha value is -1.66. The zero-order valence-electron chi connectivity index (χ0n) is 11.0. The second kappa shape index (κ2) is 7.21. The average Bonchev–Trinajstić information content (AvgIpc) is 2.39. The number of carbonyl (C=O) groups excluding carboxylic acids is 1. The number of rotatable bonds is 3. The highest BCUT2D eigenvalue weighted by molar-refractivity contribution is 5.85. The van der Waals surface area contributed by atoms with E-state index in [4.69, 9.17) is 5.73 Å². The molecule has 1 aromatic carbocycles. The number of nitro groups is 1. The van der Waals surface area contributed by atoms with Gasteiger partial charge >= 0.3 is 0 Å². The van der Waals surface area contributed by atoms with Gasteiger partial charge in [-0.2, -0.15) is 0 Å². The fourth-order valence-electron chi connectivity index (χ4n) is 2.30. The van der Waals surface area contributed by atoms with Crippen molar-refractivity contribution < 1.29 is 9.72 Å². The molecule has 1 atom stereocenters. The van der Waals surface area contributed by atoms with Crippen LogP contribution in [0, 0.1) is 10.1 Å². The molecular weight excluding hydrogens is 282 g/mol. The molecule has 0 aromatic heterocycles. The van der Waals surface area contributed by atoms with E-state index in [0.29, 0.717) is 12.1 Å². The van der Waals surface area contributed by atoms with Crippen molar-refractivity contribution in [2.24, 2.45) is 5.73 Å². The molecule has 0 unspecified atom stereocenters. The maximum absolute atomic E-state index is 12.1. The lowest BCUT2D eigenvalue weighted by molar-refractivity contribution is -0.384. The highest BCUT2D eigenvalue weighted by atomic mass is 35.5. The molecule has 1 heterocycles. The Kier molecular flexibility index (Phi) is 5.91. The van der Waals surface area contributed by atoms with Crippen LogP contribution in [0.3, 0.4) is 0 Å². The summed E-state index contributed by atoms with van der Waals surface area (Å²) in [5.74, 6) is -0.0179. The number of nitrogens with zero attached hydrogens (tertiary/aromatic N) is 2. The Morgan fingerprint density at radius 3 is 2.90 bits per heavy atom. The number of halogens is 1. The molecule has 0 spiro atoms. The molecule has 2 N–H and O–H groups in total. The first kappa shape index (κ1) is 16.4. The van der Waals surface area contributed by atoms with E-state index >= 15 is 0 Å². The highest BCUT2D eigenvalue weighted by Crippen LogP contribution is 2.15.